The second-order valence-corrected chi connectivity index (χ2v) is 13.0. The molecule has 1 atom stereocenters. The largest absolute Gasteiger partial charge is 0.492 e. The van der Waals surface area contributed by atoms with Crippen molar-refractivity contribution in [3.63, 3.8) is 0 Å². The molecule has 2 aliphatic heterocycles. The lowest BCUT2D eigenvalue weighted by Gasteiger charge is -2.26. The number of aliphatic hydroxyl groups is 1. The van der Waals surface area contributed by atoms with Gasteiger partial charge in [-0.05, 0) is 47.3 Å². The number of nitro groups is 1. The molecular formula is C30H32ClN5O8S. The first kappa shape index (κ1) is 31.2. The highest BCUT2D eigenvalue weighted by atomic mass is 35.5. The van der Waals surface area contributed by atoms with E-state index in [0.717, 1.165) is 43.8 Å². The van der Waals surface area contributed by atoms with E-state index in [1.165, 1.54) is 29.2 Å². The molecular weight excluding hydrogens is 626 g/mol. The van der Waals surface area contributed by atoms with Crippen LogP contribution in [0.2, 0.25) is 0 Å². The van der Waals surface area contributed by atoms with Crippen molar-refractivity contribution in [3.8, 4) is 5.75 Å². The molecule has 45 heavy (non-hydrogen) atoms. The summed E-state index contributed by atoms with van der Waals surface area (Å²) >= 11 is 6.36. The highest BCUT2D eigenvalue weighted by Crippen LogP contribution is 2.46. The van der Waals surface area contributed by atoms with Crippen LogP contribution in [0.15, 0.2) is 53.4 Å². The Morgan fingerprint density at radius 3 is 2.69 bits per heavy atom. The van der Waals surface area contributed by atoms with Crippen molar-refractivity contribution in [3.05, 3.63) is 69.9 Å². The molecule has 1 aromatic heterocycles. The van der Waals surface area contributed by atoms with Crippen LogP contribution in [-0.2, 0) is 14.8 Å². The van der Waals surface area contributed by atoms with Crippen molar-refractivity contribution in [1.82, 2.24) is 14.6 Å². The van der Waals surface area contributed by atoms with E-state index < -0.39 is 21.6 Å². The highest BCUT2D eigenvalue weighted by molar-refractivity contribution is 7.89. The van der Waals surface area contributed by atoms with Gasteiger partial charge < -0.3 is 24.5 Å². The number of anilines is 1. The van der Waals surface area contributed by atoms with E-state index in [1.807, 2.05) is 18.2 Å². The van der Waals surface area contributed by atoms with Crippen molar-refractivity contribution in [1.29, 1.82) is 0 Å². The van der Waals surface area contributed by atoms with Crippen LogP contribution in [0.5, 0.6) is 5.75 Å². The Labute approximate surface area is 263 Å². The van der Waals surface area contributed by atoms with Gasteiger partial charge in [0.15, 0.2) is 0 Å². The molecule has 3 N–H and O–H groups in total. The third kappa shape index (κ3) is 6.21. The zero-order valence-electron chi connectivity index (χ0n) is 24.2. The van der Waals surface area contributed by atoms with E-state index >= 15 is 0 Å². The predicted octanol–water partition coefficient (Wildman–Crippen LogP) is 3.19. The Kier molecular flexibility index (Phi) is 8.95. The van der Waals surface area contributed by atoms with Crippen LogP contribution < -0.4 is 14.4 Å². The van der Waals surface area contributed by atoms with Gasteiger partial charge >= 0.3 is 0 Å². The Hall–Kier alpha value is -3.79. The molecule has 0 aliphatic carbocycles. The number of non-ortho nitro benzene ring substituents is 1. The molecule has 4 aromatic rings. The molecule has 3 heterocycles. The van der Waals surface area contributed by atoms with Crippen LogP contribution >= 0.6 is 11.6 Å². The number of aliphatic hydroxyl groups excluding tert-OH is 1. The zero-order valence-corrected chi connectivity index (χ0v) is 25.8. The monoisotopic (exact) mass is 657 g/mol. The number of nitrogens with one attached hydrogen (secondary N) is 2. The number of aromatic nitrogens is 1. The van der Waals surface area contributed by atoms with Gasteiger partial charge in [0.25, 0.3) is 11.6 Å². The van der Waals surface area contributed by atoms with Gasteiger partial charge in [-0.25, -0.2) is 13.1 Å². The molecule has 238 valence electrons. The number of hydrogen-bond acceptors (Lipinski definition) is 9. The van der Waals surface area contributed by atoms with E-state index in [4.69, 9.17) is 26.2 Å². The summed E-state index contributed by atoms with van der Waals surface area (Å²) in [4.78, 5) is 32.3. The van der Waals surface area contributed by atoms with Gasteiger partial charge in [0.2, 0.25) is 10.0 Å². The molecule has 6 rings (SSSR count). The first-order valence-electron chi connectivity index (χ1n) is 14.5. The summed E-state index contributed by atoms with van der Waals surface area (Å²) in [6.45, 7) is 4.09. The van der Waals surface area contributed by atoms with Crippen molar-refractivity contribution in [2.45, 2.75) is 10.8 Å². The van der Waals surface area contributed by atoms with Gasteiger partial charge in [0.1, 0.15) is 18.1 Å². The number of sulfonamides is 1. The number of morpholine rings is 1. The van der Waals surface area contributed by atoms with Crippen LogP contribution in [0.3, 0.4) is 0 Å². The summed E-state index contributed by atoms with van der Waals surface area (Å²) in [5.41, 5.74) is 1.69. The number of H-pyrrole nitrogens is 1. The number of alkyl halides is 1. The number of ether oxygens (including phenoxy) is 2. The van der Waals surface area contributed by atoms with Crippen LogP contribution in [0.1, 0.15) is 22.0 Å². The average molecular weight is 658 g/mol. The number of nitrogens with zero attached hydrogens (tertiary/aromatic N) is 3. The van der Waals surface area contributed by atoms with E-state index in [-0.39, 0.29) is 46.8 Å². The first-order valence-corrected chi connectivity index (χ1v) is 16.5. The summed E-state index contributed by atoms with van der Waals surface area (Å²) < 4.78 is 39.0. The number of benzene rings is 3. The SMILES string of the molecule is O=C(c1cc2cc(OCCN3CCOCC3)ccc2[nH]1)N1CC(CCl)c2c1cc([N+](=O)[O-])c1cc(S(=O)(=O)NCCO)ccc21. The second-order valence-electron chi connectivity index (χ2n) is 10.9. The maximum absolute atomic E-state index is 13.9. The Bertz CT molecular complexity index is 1880. The highest BCUT2D eigenvalue weighted by Gasteiger charge is 2.37. The minimum Gasteiger partial charge on any atom is -0.492 e. The fraction of sp³-hybridized carbons (Fsp3) is 0.367. The van der Waals surface area contributed by atoms with Gasteiger partial charge in [-0.1, -0.05) is 6.07 Å². The molecule has 1 fully saturated rings. The van der Waals surface area contributed by atoms with Crippen LogP contribution in [0, 0.1) is 10.1 Å². The molecule has 0 spiro atoms. The van der Waals surface area contributed by atoms with Crippen molar-refractivity contribution >= 4 is 60.6 Å². The van der Waals surface area contributed by atoms with Gasteiger partial charge in [-0.2, -0.15) is 0 Å². The topological polar surface area (TPSA) is 167 Å². The number of carbonyl (C=O) groups is 1. The molecule has 13 nitrogen and oxygen atoms in total. The van der Waals surface area contributed by atoms with Crippen molar-refractivity contribution < 1.29 is 32.7 Å². The van der Waals surface area contributed by atoms with Crippen LogP contribution in [0.25, 0.3) is 21.7 Å². The molecule has 0 radical (unpaired) electrons. The molecule has 2 aliphatic rings. The van der Waals surface area contributed by atoms with Crippen molar-refractivity contribution in [2.75, 3.05) is 69.9 Å². The number of nitro benzene ring substituents is 1. The minimum absolute atomic E-state index is 0.113. The molecule has 0 bridgehead atoms. The lowest BCUT2D eigenvalue weighted by atomic mass is 9.95. The van der Waals surface area contributed by atoms with Gasteiger partial charge in [0, 0.05) is 61.5 Å². The quantitative estimate of drug-likeness (QED) is 0.125. The first-order chi connectivity index (χ1) is 21.7. The van der Waals surface area contributed by atoms with Crippen LogP contribution in [-0.4, -0.2) is 99.3 Å². The Morgan fingerprint density at radius 1 is 1.16 bits per heavy atom. The number of halogens is 1. The number of aromatic amines is 1. The molecule has 0 saturated carbocycles. The summed E-state index contributed by atoms with van der Waals surface area (Å²) in [6, 6.07) is 12.7. The number of carbonyl (C=O) groups excluding carboxylic acids is 1. The summed E-state index contributed by atoms with van der Waals surface area (Å²) in [6.07, 6.45) is 0. The third-order valence-electron chi connectivity index (χ3n) is 8.15. The van der Waals surface area contributed by atoms with Crippen LogP contribution in [0.4, 0.5) is 11.4 Å². The van der Waals surface area contributed by atoms with Gasteiger partial charge in [-0.15, -0.1) is 11.6 Å². The molecule has 15 heteroatoms. The number of amides is 1. The molecule has 1 saturated heterocycles. The summed E-state index contributed by atoms with van der Waals surface area (Å²) in [5.74, 6) is 0.0905. The normalized spacial score (nSPS) is 17.2. The second kappa shape index (κ2) is 12.9. The zero-order chi connectivity index (χ0) is 31.7. The van der Waals surface area contributed by atoms with Crippen molar-refractivity contribution in [2.24, 2.45) is 0 Å². The average Bonchev–Trinajstić information content (AvgIpc) is 3.65. The minimum atomic E-state index is -4.02. The van der Waals surface area contributed by atoms with E-state index in [1.54, 1.807) is 6.07 Å². The summed E-state index contributed by atoms with van der Waals surface area (Å²) in [5, 5.41) is 22.6. The Balaban J connectivity index is 1.30. The third-order valence-corrected chi connectivity index (χ3v) is 9.98. The predicted molar refractivity (Wildman–Crippen MR) is 169 cm³/mol. The lowest BCUT2D eigenvalue weighted by molar-refractivity contribution is -0.383. The van der Waals surface area contributed by atoms with E-state index in [0.29, 0.717) is 34.7 Å². The number of hydrogen-bond donors (Lipinski definition) is 3. The summed E-state index contributed by atoms with van der Waals surface area (Å²) in [7, 11) is -4.02. The maximum Gasteiger partial charge on any atom is 0.279 e. The van der Waals surface area contributed by atoms with Gasteiger partial charge in [0.05, 0.1) is 40.7 Å². The Morgan fingerprint density at radius 2 is 1.96 bits per heavy atom. The van der Waals surface area contributed by atoms with E-state index in [2.05, 4.69) is 14.6 Å². The fourth-order valence-corrected chi connectivity index (χ4v) is 7.23. The standard InChI is InChI=1S/C30H32ClN5O8S/c31-17-20-18-35(28-16-27(36(39)40)24-15-22(2-3-23(24)29(20)28)45(41,42)32-5-9-37)30(38)26-14-19-13-21(1-4-25(19)33-26)44-12-8-34-6-10-43-11-7-34/h1-4,13-16,20,32-33,37H,5-12,17-18H2. The smallest absolute Gasteiger partial charge is 0.279 e. The lowest BCUT2D eigenvalue weighted by Crippen LogP contribution is -2.38. The van der Waals surface area contributed by atoms with E-state index in [9.17, 15) is 23.3 Å². The molecule has 3 aromatic carbocycles. The fourth-order valence-electron chi connectivity index (χ4n) is 5.93. The number of fused-ring (bicyclic) bond motifs is 4. The van der Waals surface area contributed by atoms with Gasteiger partial charge in [-0.3, -0.25) is 19.8 Å². The molecule has 1 amide bonds. The maximum atomic E-state index is 13.9. The molecule has 1 unspecified atom stereocenters. The number of rotatable bonds is 11.